The van der Waals surface area contributed by atoms with Crippen LogP contribution in [-0.4, -0.2) is 0 Å². The van der Waals surface area contributed by atoms with E-state index < -0.39 is 0 Å². The van der Waals surface area contributed by atoms with Crippen LogP contribution in [0.15, 0.2) is 36.5 Å². The Morgan fingerprint density at radius 1 is 1.17 bits per heavy atom. The summed E-state index contributed by atoms with van der Waals surface area (Å²) in [6, 6.07) is 10.4. The lowest BCUT2D eigenvalue weighted by Crippen LogP contribution is -2.02. The van der Waals surface area contributed by atoms with Crippen molar-refractivity contribution < 1.29 is 4.98 Å². The highest BCUT2D eigenvalue weighted by atomic mass is 32.1. The fourth-order valence-corrected chi connectivity index (χ4v) is 1.98. The number of hydrogen-bond donors (Lipinski definition) is 0. The predicted octanol–water partition coefficient (Wildman–Crippen LogP) is 2.54. The molecule has 2 heteroatoms. The van der Waals surface area contributed by atoms with Gasteiger partial charge in [0.05, 0.1) is 4.88 Å². The maximum absolute atomic E-state index is 3.21. The molecule has 0 saturated carbocycles. The molecule has 0 amide bonds. The third-order valence-corrected chi connectivity index (χ3v) is 2.75. The number of nitrogens with one attached hydrogen (secondary N) is 1. The average Bonchev–Trinajstić information content (AvgIpc) is 2.54. The zero-order valence-corrected chi connectivity index (χ0v) is 7.69. The quantitative estimate of drug-likeness (QED) is 0.634. The van der Waals surface area contributed by atoms with Crippen LogP contribution in [-0.2, 0) is 0 Å². The van der Waals surface area contributed by atoms with Gasteiger partial charge in [-0.25, -0.2) is 4.98 Å². The van der Waals surface area contributed by atoms with E-state index >= 15 is 0 Å². The Morgan fingerprint density at radius 3 is 2.67 bits per heavy atom. The van der Waals surface area contributed by atoms with Crippen molar-refractivity contribution in [1.82, 2.24) is 0 Å². The van der Waals surface area contributed by atoms with Crippen molar-refractivity contribution in [3.63, 3.8) is 0 Å². The first kappa shape index (κ1) is 7.50. The lowest BCUT2D eigenvalue weighted by Gasteiger charge is -1.86. The summed E-state index contributed by atoms with van der Waals surface area (Å²) in [6.45, 7) is 2.12. The predicted molar refractivity (Wildman–Crippen MR) is 51.0 cm³/mol. The fraction of sp³-hybridized carbons (Fsp3) is 0.100. The van der Waals surface area contributed by atoms with Crippen LogP contribution in [0.3, 0.4) is 0 Å². The van der Waals surface area contributed by atoms with Crippen molar-refractivity contribution >= 4 is 11.3 Å². The Morgan fingerprint density at radius 2 is 2.08 bits per heavy atom. The number of rotatable bonds is 1. The normalized spacial score (nSPS) is 10.1. The van der Waals surface area contributed by atoms with Gasteiger partial charge in [-0.05, 0) is 25.1 Å². The van der Waals surface area contributed by atoms with Gasteiger partial charge in [0.2, 0.25) is 5.69 Å². The molecule has 2 aromatic rings. The second-order valence-corrected chi connectivity index (χ2v) is 3.97. The number of aromatic amines is 1. The molecule has 0 aliphatic rings. The molecule has 12 heavy (non-hydrogen) atoms. The van der Waals surface area contributed by atoms with E-state index in [1.165, 1.54) is 15.4 Å². The molecule has 0 fully saturated rings. The minimum Gasteiger partial charge on any atom is -0.210 e. The van der Waals surface area contributed by atoms with Gasteiger partial charge in [-0.15, -0.1) is 11.3 Å². The molecule has 2 heterocycles. The molecular formula is C10H10NS+. The molecule has 0 atom stereocenters. The summed E-state index contributed by atoms with van der Waals surface area (Å²) in [6.07, 6.45) is 1.95. The molecule has 2 aromatic heterocycles. The van der Waals surface area contributed by atoms with E-state index in [0.717, 1.165) is 0 Å². The molecule has 0 aliphatic heterocycles. The number of thiophene rings is 1. The number of H-pyrrole nitrogens is 1. The molecular weight excluding hydrogens is 166 g/mol. The Bertz CT molecular complexity index is 364. The van der Waals surface area contributed by atoms with E-state index in [-0.39, 0.29) is 0 Å². The van der Waals surface area contributed by atoms with E-state index in [4.69, 9.17) is 0 Å². The number of aromatic nitrogens is 1. The van der Waals surface area contributed by atoms with Crippen molar-refractivity contribution in [3.8, 4) is 10.6 Å². The Balaban J connectivity index is 2.45. The Kier molecular flexibility index (Phi) is 1.92. The van der Waals surface area contributed by atoms with E-state index in [2.05, 4.69) is 30.1 Å². The molecule has 1 nitrogen and oxygen atoms in total. The van der Waals surface area contributed by atoms with Crippen LogP contribution in [0.25, 0.3) is 10.6 Å². The van der Waals surface area contributed by atoms with Gasteiger partial charge in [0.15, 0.2) is 6.20 Å². The number of aryl methyl sites for hydroxylation is 1. The first-order valence-corrected chi connectivity index (χ1v) is 4.71. The topological polar surface area (TPSA) is 14.1 Å². The second-order valence-electron chi connectivity index (χ2n) is 2.69. The minimum atomic E-state index is 1.19. The van der Waals surface area contributed by atoms with Gasteiger partial charge in [0, 0.05) is 17.0 Å². The molecule has 0 bridgehead atoms. The van der Waals surface area contributed by atoms with E-state index in [0.29, 0.717) is 0 Å². The SMILES string of the molecule is Cc1ccc(-c2cccc[nH+]2)s1. The minimum absolute atomic E-state index is 1.19. The standard InChI is InChI=1S/C10H9NS/c1-8-5-6-10(12-8)9-4-2-3-7-11-9/h2-7H,1H3/p+1. The van der Waals surface area contributed by atoms with Crippen LogP contribution in [0.5, 0.6) is 0 Å². The highest BCUT2D eigenvalue weighted by molar-refractivity contribution is 7.15. The number of pyridine rings is 1. The number of hydrogen-bond acceptors (Lipinski definition) is 1. The zero-order chi connectivity index (χ0) is 8.39. The van der Waals surface area contributed by atoms with Gasteiger partial charge < -0.3 is 0 Å². The van der Waals surface area contributed by atoms with Crippen molar-refractivity contribution in [2.75, 3.05) is 0 Å². The highest BCUT2D eigenvalue weighted by Crippen LogP contribution is 2.23. The van der Waals surface area contributed by atoms with Gasteiger partial charge in [-0.2, -0.15) is 0 Å². The largest absolute Gasteiger partial charge is 0.220 e. The van der Waals surface area contributed by atoms with Gasteiger partial charge in [0.25, 0.3) is 0 Å². The Hall–Kier alpha value is -1.15. The van der Waals surface area contributed by atoms with Crippen LogP contribution in [0.2, 0.25) is 0 Å². The maximum Gasteiger partial charge on any atom is 0.220 e. The first-order valence-electron chi connectivity index (χ1n) is 3.90. The van der Waals surface area contributed by atoms with Crippen molar-refractivity contribution in [1.29, 1.82) is 0 Å². The highest BCUT2D eigenvalue weighted by Gasteiger charge is 2.04. The average molecular weight is 176 g/mol. The lowest BCUT2D eigenvalue weighted by atomic mass is 10.3. The van der Waals surface area contributed by atoms with Gasteiger partial charge >= 0.3 is 0 Å². The molecule has 0 aromatic carbocycles. The molecule has 2 rings (SSSR count). The van der Waals surface area contributed by atoms with Crippen molar-refractivity contribution in [3.05, 3.63) is 41.4 Å². The smallest absolute Gasteiger partial charge is 0.210 e. The monoisotopic (exact) mass is 176 g/mol. The molecule has 1 N–H and O–H groups in total. The summed E-state index contributed by atoms with van der Waals surface area (Å²) in [5.74, 6) is 0. The maximum atomic E-state index is 3.21. The van der Waals surface area contributed by atoms with Crippen LogP contribution in [0, 0.1) is 6.92 Å². The van der Waals surface area contributed by atoms with Crippen LogP contribution < -0.4 is 4.98 Å². The molecule has 0 saturated heterocycles. The second kappa shape index (κ2) is 3.07. The van der Waals surface area contributed by atoms with E-state index in [1.807, 2.05) is 29.7 Å². The summed E-state index contributed by atoms with van der Waals surface area (Å²) in [5.41, 5.74) is 1.19. The van der Waals surface area contributed by atoms with Crippen molar-refractivity contribution in [2.45, 2.75) is 6.92 Å². The molecule has 60 valence electrons. The third kappa shape index (κ3) is 1.38. The summed E-state index contributed by atoms with van der Waals surface area (Å²) in [4.78, 5) is 5.86. The fourth-order valence-electron chi connectivity index (χ4n) is 1.13. The van der Waals surface area contributed by atoms with Gasteiger partial charge in [-0.1, -0.05) is 0 Å². The first-order chi connectivity index (χ1) is 5.86. The van der Waals surface area contributed by atoms with Crippen molar-refractivity contribution in [2.24, 2.45) is 0 Å². The van der Waals surface area contributed by atoms with Crippen LogP contribution in [0.1, 0.15) is 4.88 Å². The van der Waals surface area contributed by atoms with Crippen LogP contribution in [0.4, 0.5) is 0 Å². The molecule has 0 unspecified atom stereocenters. The summed E-state index contributed by atoms with van der Waals surface area (Å²) in [5, 5.41) is 0. The van der Waals surface area contributed by atoms with E-state index in [1.54, 1.807) is 0 Å². The summed E-state index contributed by atoms with van der Waals surface area (Å²) < 4.78 is 0. The lowest BCUT2D eigenvalue weighted by molar-refractivity contribution is -0.364. The molecule has 0 radical (unpaired) electrons. The summed E-state index contributed by atoms with van der Waals surface area (Å²) >= 11 is 1.81. The Labute approximate surface area is 75.7 Å². The molecule has 0 aliphatic carbocycles. The zero-order valence-electron chi connectivity index (χ0n) is 6.87. The van der Waals surface area contributed by atoms with E-state index in [9.17, 15) is 0 Å². The van der Waals surface area contributed by atoms with Gasteiger partial charge in [-0.3, -0.25) is 0 Å². The third-order valence-electron chi connectivity index (χ3n) is 1.71. The van der Waals surface area contributed by atoms with Gasteiger partial charge in [0.1, 0.15) is 0 Å². The summed E-state index contributed by atoms with van der Waals surface area (Å²) in [7, 11) is 0. The molecule has 0 spiro atoms. The van der Waals surface area contributed by atoms with Crippen LogP contribution >= 0.6 is 11.3 Å².